The Kier molecular flexibility index (Phi) is 6.06. The molecule has 1 aliphatic heterocycles. The zero-order valence-electron chi connectivity index (χ0n) is 17.3. The molecule has 31 heavy (non-hydrogen) atoms. The van der Waals surface area contributed by atoms with Crippen LogP contribution >= 0.6 is 0 Å². The summed E-state index contributed by atoms with van der Waals surface area (Å²) in [6.45, 7) is 25.5. The van der Waals surface area contributed by atoms with Crippen LogP contribution in [0.1, 0.15) is 30.5 Å². The van der Waals surface area contributed by atoms with E-state index in [2.05, 4.69) is 14.5 Å². The molecule has 0 saturated heterocycles. The lowest BCUT2D eigenvalue weighted by Crippen LogP contribution is -2.20. The van der Waals surface area contributed by atoms with E-state index in [-0.39, 0.29) is 17.3 Å². The molecule has 0 atom stereocenters. The van der Waals surface area contributed by atoms with E-state index in [1.807, 2.05) is 86.7 Å². The minimum absolute atomic E-state index is 0.0628. The van der Waals surface area contributed by atoms with Crippen LogP contribution in [0.25, 0.3) is 32.8 Å². The molecule has 0 amide bonds. The Labute approximate surface area is 182 Å². The molecular formula is C26H20N4O. The van der Waals surface area contributed by atoms with Crippen molar-refractivity contribution in [2.24, 2.45) is 0 Å². The van der Waals surface area contributed by atoms with Crippen molar-refractivity contribution in [3.63, 3.8) is 0 Å². The topological polar surface area (TPSA) is 48.3 Å². The molecular weight excluding hydrogens is 384 g/mol. The molecule has 0 spiro atoms. The van der Waals surface area contributed by atoms with E-state index < -0.39 is 5.60 Å². The van der Waals surface area contributed by atoms with E-state index in [9.17, 15) is 0 Å². The second kappa shape index (κ2) is 8.87. The van der Waals surface area contributed by atoms with Crippen LogP contribution in [0.5, 0.6) is 0 Å². The Morgan fingerprint density at radius 3 is 1.71 bits per heavy atom. The highest BCUT2D eigenvalue weighted by Crippen LogP contribution is 2.41. The van der Waals surface area contributed by atoms with Crippen LogP contribution in [0.4, 0.5) is 5.69 Å². The van der Waals surface area contributed by atoms with Crippen molar-refractivity contribution < 1.29 is 4.74 Å². The smallest absolute Gasteiger partial charge is 0.499 e. The van der Waals surface area contributed by atoms with Crippen LogP contribution in [-0.2, 0) is 4.74 Å². The van der Waals surface area contributed by atoms with Gasteiger partial charge in [-0.1, -0.05) is 60.7 Å². The van der Waals surface area contributed by atoms with Gasteiger partial charge in [-0.15, -0.1) is 0 Å². The maximum atomic E-state index is 7.52. The van der Waals surface area contributed by atoms with Crippen molar-refractivity contribution in [3.8, 4) is 0 Å². The Morgan fingerprint density at radius 2 is 1.26 bits per heavy atom. The van der Waals surface area contributed by atoms with E-state index in [1.165, 1.54) is 0 Å². The number of nitrogens with zero attached hydrogens (tertiary/aromatic N) is 3. The average molecular weight is 404 g/mol. The van der Waals surface area contributed by atoms with Crippen molar-refractivity contribution >= 4 is 23.9 Å². The summed E-state index contributed by atoms with van der Waals surface area (Å²) in [5.74, 6) is -0.160. The van der Waals surface area contributed by atoms with Crippen LogP contribution in [0.2, 0.25) is 0 Å². The third-order valence-corrected chi connectivity index (χ3v) is 4.79. The lowest BCUT2D eigenvalue weighted by molar-refractivity contribution is 0.0951. The summed E-state index contributed by atoms with van der Waals surface area (Å²) >= 11 is 0. The molecule has 0 bridgehead atoms. The van der Waals surface area contributed by atoms with E-state index in [0.29, 0.717) is 5.57 Å². The molecule has 2 aromatic carbocycles. The summed E-state index contributed by atoms with van der Waals surface area (Å²) in [7, 11) is 0. The first kappa shape index (κ1) is 21.2. The zero-order valence-corrected chi connectivity index (χ0v) is 17.3. The van der Waals surface area contributed by atoms with Crippen LogP contribution in [0.15, 0.2) is 77.5 Å². The van der Waals surface area contributed by atoms with E-state index >= 15 is 0 Å². The van der Waals surface area contributed by atoms with Gasteiger partial charge >= 0.3 is 5.82 Å². The normalized spacial score (nSPS) is 14.9. The van der Waals surface area contributed by atoms with Gasteiger partial charge in [0.2, 0.25) is 11.5 Å². The molecule has 0 aromatic heterocycles. The lowest BCUT2D eigenvalue weighted by atomic mass is 9.96. The van der Waals surface area contributed by atoms with Crippen LogP contribution in [0.3, 0.4) is 0 Å². The van der Waals surface area contributed by atoms with Gasteiger partial charge in [0.05, 0.1) is 6.57 Å². The first-order valence-electron chi connectivity index (χ1n) is 9.50. The fourth-order valence-electron chi connectivity index (χ4n) is 3.13. The summed E-state index contributed by atoms with van der Waals surface area (Å²) in [4.78, 5) is 9.93. The Hall–Kier alpha value is -4.53. The molecule has 150 valence electrons. The molecule has 5 heteroatoms. The molecule has 5 nitrogen and oxygen atoms in total. The van der Waals surface area contributed by atoms with Crippen molar-refractivity contribution in [2.45, 2.75) is 19.4 Å². The lowest BCUT2D eigenvalue weighted by Gasteiger charge is -2.21. The number of nitrogen functional groups attached to an aromatic ring is 1. The average Bonchev–Trinajstić information content (AvgIpc) is 3.03. The predicted octanol–water partition coefficient (Wildman–Crippen LogP) is 6.44. The molecule has 3 rings (SSSR count). The second-order valence-corrected chi connectivity index (χ2v) is 7.36. The molecule has 0 saturated carbocycles. The fraction of sp³-hybridized carbons (Fsp3) is 0.115. The molecule has 0 aliphatic carbocycles. The minimum atomic E-state index is -0.798. The zero-order chi connectivity index (χ0) is 22.4. The molecule has 1 heterocycles. The molecule has 0 fully saturated rings. The van der Waals surface area contributed by atoms with Gasteiger partial charge in [0, 0.05) is 11.3 Å². The van der Waals surface area contributed by atoms with Gasteiger partial charge in [-0.25, -0.2) is 4.85 Å². The third kappa shape index (κ3) is 4.73. The number of hydrogen-bond donors (Lipinski definition) is 1. The van der Waals surface area contributed by atoms with Gasteiger partial charge in [0.25, 0.3) is 0 Å². The van der Waals surface area contributed by atoms with Crippen molar-refractivity contribution in [1.29, 1.82) is 0 Å². The van der Waals surface area contributed by atoms with Crippen LogP contribution < -0.4 is 5.73 Å². The van der Waals surface area contributed by atoms with Gasteiger partial charge < -0.3 is 10.5 Å². The van der Waals surface area contributed by atoms with Crippen LogP contribution in [0, 0.1) is 19.7 Å². The Bertz CT molecular complexity index is 1220. The maximum absolute atomic E-state index is 7.52. The van der Waals surface area contributed by atoms with Gasteiger partial charge in [0.15, 0.2) is 0 Å². The summed E-state index contributed by atoms with van der Waals surface area (Å²) in [6.07, 6.45) is 7.78. The van der Waals surface area contributed by atoms with E-state index in [1.54, 1.807) is 0 Å². The third-order valence-electron chi connectivity index (χ3n) is 4.79. The number of ether oxygens (including phenoxy) is 1. The SMILES string of the molecule is [C-]#[N+]C([N+]#[C-])=C1OC(C)(C)C(/C=C/c2ccc(/C=C/c3ccc(N)cc3)cc2)=C1[N+]#[C-]. The molecule has 2 N–H and O–H groups in total. The van der Waals surface area contributed by atoms with Gasteiger partial charge in [-0.2, -0.15) is 9.69 Å². The van der Waals surface area contributed by atoms with Crippen molar-refractivity contribution in [3.05, 3.63) is 128 Å². The quantitative estimate of drug-likeness (QED) is 0.362. The van der Waals surface area contributed by atoms with Crippen molar-refractivity contribution in [2.75, 3.05) is 5.73 Å². The van der Waals surface area contributed by atoms with Gasteiger partial charge in [0.1, 0.15) is 18.7 Å². The first-order chi connectivity index (χ1) is 14.9. The van der Waals surface area contributed by atoms with Crippen LogP contribution in [-0.4, -0.2) is 5.60 Å². The summed E-state index contributed by atoms with van der Waals surface area (Å²) in [5, 5.41) is 0. The minimum Gasteiger partial charge on any atom is -0.499 e. The predicted molar refractivity (Wildman–Crippen MR) is 124 cm³/mol. The van der Waals surface area contributed by atoms with E-state index in [0.717, 1.165) is 22.4 Å². The number of rotatable bonds is 4. The summed E-state index contributed by atoms with van der Waals surface area (Å²) < 4.78 is 5.79. The highest BCUT2D eigenvalue weighted by atomic mass is 16.5. The second-order valence-electron chi connectivity index (χ2n) is 7.36. The summed E-state index contributed by atoms with van der Waals surface area (Å²) in [5.41, 5.74) is 9.61. The number of nitrogens with two attached hydrogens (primary N) is 1. The monoisotopic (exact) mass is 404 g/mol. The number of hydrogen-bond acceptors (Lipinski definition) is 2. The molecule has 1 aliphatic rings. The molecule has 2 aromatic rings. The molecule has 0 radical (unpaired) electrons. The maximum Gasteiger partial charge on any atom is 0.550 e. The molecule has 0 unspecified atom stereocenters. The largest absolute Gasteiger partial charge is 0.550 e. The van der Waals surface area contributed by atoms with Gasteiger partial charge in [-0.3, -0.25) is 0 Å². The highest BCUT2D eigenvalue weighted by molar-refractivity contribution is 5.71. The summed E-state index contributed by atoms with van der Waals surface area (Å²) in [6, 6.07) is 15.7. The standard InChI is InChI=1S/C26H20N4O/c1-26(2)22(23(28-3)24(31-26)25(29-4)30-5)17-14-19-9-6-18(7-10-19)8-11-20-12-15-21(27)16-13-20/h6-17H,27H2,1-2H3/b11-8+,17-14+. The fourth-order valence-corrected chi connectivity index (χ4v) is 3.13. The van der Waals surface area contributed by atoms with Crippen molar-refractivity contribution in [1.82, 2.24) is 0 Å². The first-order valence-corrected chi connectivity index (χ1v) is 9.50. The van der Waals surface area contributed by atoms with E-state index in [4.69, 9.17) is 30.2 Å². The number of anilines is 1. The Balaban J connectivity index is 1.84. The highest BCUT2D eigenvalue weighted by Gasteiger charge is 2.41. The Morgan fingerprint density at radius 1 is 0.806 bits per heavy atom. The number of benzene rings is 2. The van der Waals surface area contributed by atoms with Gasteiger partial charge in [-0.05, 0) is 42.7 Å².